The van der Waals surface area contributed by atoms with Crippen molar-refractivity contribution in [2.45, 2.75) is 68.7 Å². The standard InChI is InChI=1S/C20H27N5OS2/c26-18(24(16-4-5-16)12-15-8-11-27-13-15)14-28-20-22-21-19(25(20)17-6-7-17)23-9-2-1-3-10-23/h8,11,13,16-17H,1-7,9-10,12,14H2. The number of anilines is 1. The maximum absolute atomic E-state index is 13.0. The number of piperidine rings is 1. The van der Waals surface area contributed by atoms with Gasteiger partial charge in [-0.15, -0.1) is 10.2 Å². The molecule has 0 radical (unpaired) electrons. The van der Waals surface area contributed by atoms with Crippen molar-refractivity contribution in [2.75, 3.05) is 23.7 Å². The van der Waals surface area contributed by atoms with Gasteiger partial charge < -0.3 is 9.80 Å². The summed E-state index contributed by atoms with van der Waals surface area (Å²) in [6.07, 6.45) is 8.45. The van der Waals surface area contributed by atoms with E-state index in [2.05, 4.69) is 41.4 Å². The molecular weight excluding hydrogens is 390 g/mol. The Balaban J connectivity index is 1.26. The molecule has 2 saturated carbocycles. The van der Waals surface area contributed by atoms with Gasteiger partial charge in [-0.05, 0) is 67.3 Å². The van der Waals surface area contributed by atoms with Crippen molar-refractivity contribution in [3.63, 3.8) is 0 Å². The molecule has 3 fully saturated rings. The van der Waals surface area contributed by atoms with E-state index in [0.29, 0.717) is 17.8 Å². The summed E-state index contributed by atoms with van der Waals surface area (Å²) in [5, 5.41) is 14.2. The maximum Gasteiger partial charge on any atom is 0.233 e. The molecule has 1 amide bonds. The minimum Gasteiger partial charge on any atom is -0.341 e. The van der Waals surface area contributed by atoms with Crippen LogP contribution in [0.1, 0.15) is 56.6 Å². The van der Waals surface area contributed by atoms with Crippen LogP contribution in [0.15, 0.2) is 22.0 Å². The monoisotopic (exact) mass is 417 g/mol. The molecule has 150 valence electrons. The summed E-state index contributed by atoms with van der Waals surface area (Å²) in [4.78, 5) is 17.4. The Morgan fingerprint density at radius 2 is 2.00 bits per heavy atom. The van der Waals surface area contributed by atoms with Crippen LogP contribution < -0.4 is 4.90 Å². The van der Waals surface area contributed by atoms with Crippen LogP contribution in [0.5, 0.6) is 0 Å². The van der Waals surface area contributed by atoms with E-state index in [0.717, 1.165) is 43.6 Å². The SMILES string of the molecule is O=C(CSc1nnc(N2CCCCC2)n1C1CC1)N(Cc1ccsc1)C1CC1. The van der Waals surface area contributed by atoms with Crippen LogP contribution in [0.2, 0.25) is 0 Å². The quantitative estimate of drug-likeness (QED) is 0.609. The van der Waals surface area contributed by atoms with Gasteiger partial charge in [-0.2, -0.15) is 11.3 Å². The molecule has 0 spiro atoms. The lowest BCUT2D eigenvalue weighted by molar-refractivity contribution is -0.129. The fraction of sp³-hybridized carbons (Fsp3) is 0.650. The summed E-state index contributed by atoms with van der Waals surface area (Å²) < 4.78 is 2.31. The highest BCUT2D eigenvalue weighted by atomic mass is 32.2. The summed E-state index contributed by atoms with van der Waals surface area (Å²) in [5.41, 5.74) is 1.24. The second-order valence-corrected chi connectivity index (χ2v) is 9.83. The molecular formula is C20H27N5OS2. The Kier molecular flexibility index (Phi) is 5.32. The van der Waals surface area contributed by atoms with E-state index in [1.807, 2.05) is 0 Å². The Hall–Kier alpha value is -1.54. The second kappa shape index (κ2) is 8.06. The van der Waals surface area contributed by atoms with Crippen LogP contribution in [-0.2, 0) is 11.3 Å². The van der Waals surface area contributed by atoms with Gasteiger partial charge in [-0.25, -0.2) is 0 Å². The highest BCUT2D eigenvalue weighted by Crippen LogP contribution is 2.41. The highest BCUT2D eigenvalue weighted by Gasteiger charge is 2.34. The van der Waals surface area contributed by atoms with Gasteiger partial charge >= 0.3 is 0 Å². The van der Waals surface area contributed by atoms with Gasteiger partial charge in [0.05, 0.1) is 5.75 Å². The average molecular weight is 418 g/mol. The van der Waals surface area contributed by atoms with Crippen LogP contribution in [0.3, 0.4) is 0 Å². The zero-order valence-corrected chi connectivity index (χ0v) is 17.8. The van der Waals surface area contributed by atoms with E-state index in [1.54, 1.807) is 23.1 Å². The van der Waals surface area contributed by atoms with Gasteiger partial charge in [0.1, 0.15) is 0 Å². The molecule has 3 aliphatic rings. The van der Waals surface area contributed by atoms with Crippen LogP contribution >= 0.6 is 23.1 Å². The fourth-order valence-corrected chi connectivity index (χ4v) is 5.47. The van der Waals surface area contributed by atoms with Gasteiger partial charge in [-0.1, -0.05) is 11.8 Å². The smallest absolute Gasteiger partial charge is 0.233 e. The summed E-state index contributed by atoms with van der Waals surface area (Å²) in [6.45, 7) is 2.89. The average Bonchev–Trinajstić information content (AvgIpc) is 3.66. The number of hydrogen-bond donors (Lipinski definition) is 0. The number of thioether (sulfide) groups is 1. The number of aromatic nitrogens is 3. The first-order chi connectivity index (χ1) is 13.8. The lowest BCUT2D eigenvalue weighted by Crippen LogP contribution is -2.34. The summed E-state index contributed by atoms with van der Waals surface area (Å²) in [5.74, 6) is 1.70. The Morgan fingerprint density at radius 1 is 1.18 bits per heavy atom. The van der Waals surface area contributed by atoms with Gasteiger partial charge in [0.2, 0.25) is 11.9 Å². The first-order valence-corrected chi connectivity index (χ1v) is 12.4. The lowest BCUT2D eigenvalue weighted by atomic mass is 10.1. The van der Waals surface area contributed by atoms with Crippen molar-refractivity contribution < 1.29 is 4.79 Å². The molecule has 0 unspecified atom stereocenters. The predicted octanol–water partition coefficient (Wildman–Crippen LogP) is 3.95. The topological polar surface area (TPSA) is 54.3 Å². The third kappa shape index (κ3) is 4.08. The molecule has 0 bridgehead atoms. The number of carbonyl (C=O) groups excluding carboxylic acids is 1. The molecule has 5 rings (SSSR count). The molecule has 0 atom stereocenters. The van der Waals surface area contributed by atoms with Crippen molar-refractivity contribution in [3.05, 3.63) is 22.4 Å². The molecule has 8 heteroatoms. The highest BCUT2D eigenvalue weighted by molar-refractivity contribution is 7.99. The Labute approximate surface area is 174 Å². The number of amides is 1. The molecule has 28 heavy (non-hydrogen) atoms. The molecule has 3 heterocycles. The van der Waals surface area contributed by atoms with Crippen molar-refractivity contribution in [3.8, 4) is 0 Å². The van der Waals surface area contributed by atoms with Crippen molar-refractivity contribution in [1.82, 2.24) is 19.7 Å². The first-order valence-electron chi connectivity index (χ1n) is 10.4. The van der Waals surface area contributed by atoms with E-state index in [9.17, 15) is 4.79 Å². The third-order valence-corrected chi connectivity index (χ3v) is 7.42. The van der Waals surface area contributed by atoms with E-state index in [-0.39, 0.29) is 5.91 Å². The van der Waals surface area contributed by atoms with Crippen LogP contribution in [0.4, 0.5) is 5.95 Å². The number of carbonyl (C=O) groups is 1. The summed E-state index contributed by atoms with van der Waals surface area (Å²) in [7, 11) is 0. The summed E-state index contributed by atoms with van der Waals surface area (Å²) >= 11 is 3.26. The van der Waals surface area contributed by atoms with E-state index < -0.39 is 0 Å². The molecule has 1 aliphatic heterocycles. The van der Waals surface area contributed by atoms with Crippen molar-refractivity contribution in [1.29, 1.82) is 0 Å². The molecule has 2 aromatic heterocycles. The minimum atomic E-state index is 0.226. The van der Waals surface area contributed by atoms with Gasteiger partial charge in [0.15, 0.2) is 5.16 Å². The van der Waals surface area contributed by atoms with Gasteiger partial charge in [0, 0.05) is 31.7 Å². The molecule has 2 aromatic rings. The van der Waals surface area contributed by atoms with E-state index in [1.165, 1.54) is 37.7 Å². The van der Waals surface area contributed by atoms with Crippen LogP contribution in [-0.4, -0.2) is 50.5 Å². The zero-order chi connectivity index (χ0) is 18.9. The maximum atomic E-state index is 13.0. The molecule has 0 aromatic carbocycles. The number of hydrogen-bond acceptors (Lipinski definition) is 6. The molecule has 0 N–H and O–H groups in total. The van der Waals surface area contributed by atoms with Crippen LogP contribution in [0.25, 0.3) is 0 Å². The van der Waals surface area contributed by atoms with Crippen LogP contribution in [0, 0.1) is 0 Å². The van der Waals surface area contributed by atoms with Crippen molar-refractivity contribution in [2.24, 2.45) is 0 Å². The first kappa shape index (κ1) is 18.5. The Bertz CT molecular complexity index is 807. The zero-order valence-electron chi connectivity index (χ0n) is 16.1. The van der Waals surface area contributed by atoms with E-state index in [4.69, 9.17) is 0 Å². The lowest BCUT2D eigenvalue weighted by Gasteiger charge is -2.27. The molecule has 1 saturated heterocycles. The molecule has 2 aliphatic carbocycles. The van der Waals surface area contributed by atoms with Gasteiger partial charge in [0.25, 0.3) is 0 Å². The van der Waals surface area contributed by atoms with Crippen molar-refractivity contribution >= 4 is 35.0 Å². The largest absolute Gasteiger partial charge is 0.341 e. The minimum absolute atomic E-state index is 0.226. The predicted molar refractivity (Wildman–Crippen MR) is 113 cm³/mol. The fourth-order valence-electron chi connectivity index (χ4n) is 3.93. The number of nitrogens with zero attached hydrogens (tertiary/aromatic N) is 5. The number of thiophene rings is 1. The molecule has 6 nitrogen and oxygen atoms in total. The van der Waals surface area contributed by atoms with Gasteiger partial charge in [-0.3, -0.25) is 9.36 Å². The van der Waals surface area contributed by atoms with E-state index >= 15 is 0 Å². The number of rotatable bonds is 8. The third-order valence-electron chi connectivity index (χ3n) is 5.76. The normalized spacial score (nSPS) is 19.8. The Morgan fingerprint density at radius 3 is 2.68 bits per heavy atom. The second-order valence-electron chi connectivity index (χ2n) is 8.10. The summed E-state index contributed by atoms with van der Waals surface area (Å²) in [6, 6.07) is 3.07.